The van der Waals surface area contributed by atoms with Gasteiger partial charge in [-0.05, 0) is 12.1 Å². The van der Waals surface area contributed by atoms with Crippen molar-refractivity contribution in [2.45, 2.75) is 0 Å². The van der Waals surface area contributed by atoms with Gasteiger partial charge in [0.1, 0.15) is 12.5 Å². The predicted molar refractivity (Wildman–Crippen MR) is 56.8 cm³/mol. The average Bonchev–Trinajstić information content (AvgIpc) is 2.30. The lowest BCUT2D eigenvalue weighted by atomic mass is 10.1. The van der Waals surface area contributed by atoms with Crippen LogP contribution >= 0.6 is 0 Å². The molecule has 2 rings (SSSR count). The lowest BCUT2D eigenvalue weighted by molar-refractivity contribution is 0.100. The van der Waals surface area contributed by atoms with Crippen LogP contribution in [-0.2, 0) is 4.74 Å². The molecular weight excluding hydrogens is 192 g/mol. The third-order valence-electron chi connectivity index (χ3n) is 2.05. The second kappa shape index (κ2) is 3.88. The van der Waals surface area contributed by atoms with Gasteiger partial charge in [-0.15, -0.1) is 0 Å². The summed E-state index contributed by atoms with van der Waals surface area (Å²) in [6, 6.07) is 7.13. The van der Waals surface area contributed by atoms with Gasteiger partial charge in [0.2, 0.25) is 0 Å². The fourth-order valence-corrected chi connectivity index (χ4v) is 1.36. The van der Waals surface area contributed by atoms with E-state index in [1.807, 2.05) is 12.1 Å². The minimum Gasteiger partial charge on any atom is -0.470 e. The van der Waals surface area contributed by atoms with Crippen molar-refractivity contribution in [1.82, 2.24) is 0 Å². The summed E-state index contributed by atoms with van der Waals surface area (Å²) >= 11 is 0. The van der Waals surface area contributed by atoms with Crippen LogP contribution in [-0.4, -0.2) is 5.91 Å². The van der Waals surface area contributed by atoms with Crippen LogP contribution in [0.5, 0.6) is 0 Å². The topological polar surface area (TPSA) is 55.6 Å². The Balaban J connectivity index is 2.42. The maximum Gasteiger partial charge on any atom is 0.250 e. The van der Waals surface area contributed by atoms with Crippen molar-refractivity contribution < 1.29 is 9.53 Å². The lowest BCUT2D eigenvalue weighted by Gasteiger charge is -2.19. The summed E-state index contributed by atoms with van der Waals surface area (Å²) in [5.74, 6) is -0.445. The van der Waals surface area contributed by atoms with E-state index in [0.29, 0.717) is 5.56 Å². The molecule has 0 atom stereocenters. The number of nitrogens with two attached hydrogens (primary N) is 1. The normalized spacial score (nSPS) is 13.7. The minimum absolute atomic E-state index is 0.445. The number of rotatable bonds is 2. The van der Waals surface area contributed by atoms with Crippen molar-refractivity contribution in [3.05, 3.63) is 54.8 Å². The highest BCUT2D eigenvalue weighted by atomic mass is 16.5. The van der Waals surface area contributed by atoms with Gasteiger partial charge in [-0.1, -0.05) is 12.1 Å². The summed E-state index contributed by atoms with van der Waals surface area (Å²) in [6.07, 6.45) is 6.47. The molecule has 1 heterocycles. The molecule has 4 nitrogen and oxygen atoms in total. The molecule has 0 aromatic heterocycles. The maximum atomic E-state index is 11.2. The molecule has 1 aliphatic heterocycles. The fraction of sp³-hybridized carbons (Fsp3) is 0. The molecule has 76 valence electrons. The van der Waals surface area contributed by atoms with Crippen LogP contribution in [0, 0.1) is 0 Å². The number of amides is 1. The predicted octanol–water partition coefficient (Wildman–Crippen LogP) is 1.56. The largest absolute Gasteiger partial charge is 0.470 e. The van der Waals surface area contributed by atoms with E-state index in [0.717, 1.165) is 5.69 Å². The van der Waals surface area contributed by atoms with Crippen LogP contribution in [0.1, 0.15) is 10.4 Å². The molecule has 0 fully saturated rings. The smallest absolute Gasteiger partial charge is 0.250 e. The Morgan fingerprint density at radius 1 is 1.20 bits per heavy atom. The van der Waals surface area contributed by atoms with Crippen LogP contribution in [0.4, 0.5) is 5.69 Å². The van der Waals surface area contributed by atoms with Crippen molar-refractivity contribution >= 4 is 11.6 Å². The summed E-state index contributed by atoms with van der Waals surface area (Å²) in [5, 5.41) is 0. The highest BCUT2D eigenvalue weighted by Gasteiger charge is 2.11. The Labute approximate surface area is 87.2 Å². The van der Waals surface area contributed by atoms with E-state index in [2.05, 4.69) is 0 Å². The zero-order chi connectivity index (χ0) is 10.7. The van der Waals surface area contributed by atoms with Gasteiger partial charge in [0.25, 0.3) is 5.91 Å². The molecule has 1 aliphatic rings. The number of carbonyl (C=O) groups excluding carboxylic acids is 1. The number of hydrogen-bond acceptors (Lipinski definition) is 3. The number of nitrogens with zero attached hydrogens (tertiary/aromatic N) is 1. The first-order chi connectivity index (χ1) is 7.29. The highest BCUT2D eigenvalue weighted by Crippen LogP contribution is 2.21. The van der Waals surface area contributed by atoms with Gasteiger partial charge in [0.15, 0.2) is 0 Å². The second-order valence-electron chi connectivity index (χ2n) is 3.00. The van der Waals surface area contributed by atoms with Crippen LogP contribution in [0.2, 0.25) is 0 Å². The van der Waals surface area contributed by atoms with Gasteiger partial charge >= 0.3 is 0 Å². The Hall–Kier alpha value is -2.23. The molecule has 0 aliphatic carbocycles. The first-order valence-corrected chi connectivity index (χ1v) is 4.45. The summed E-state index contributed by atoms with van der Waals surface area (Å²) in [5.41, 5.74) is 6.49. The van der Waals surface area contributed by atoms with Crippen molar-refractivity contribution in [3.8, 4) is 0 Å². The molecular formula is C11H10N2O2. The third-order valence-corrected chi connectivity index (χ3v) is 2.05. The molecule has 2 N–H and O–H groups in total. The molecule has 0 bridgehead atoms. The monoisotopic (exact) mass is 202 g/mol. The standard InChI is InChI=1S/C11H10N2O2/c12-11(14)9-3-1-2-4-10(9)13-5-7-15-8-6-13/h1-8H,(H2,12,14). The van der Waals surface area contributed by atoms with Crippen LogP contribution < -0.4 is 10.6 Å². The van der Waals surface area contributed by atoms with E-state index in [4.69, 9.17) is 10.5 Å². The molecule has 0 saturated heterocycles. The number of benzene rings is 1. The first kappa shape index (κ1) is 9.33. The summed E-state index contributed by atoms with van der Waals surface area (Å²) in [7, 11) is 0. The summed E-state index contributed by atoms with van der Waals surface area (Å²) in [6.45, 7) is 0. The summed E-state index contributed by atoms with van der Waals surface area (Å²) < 4.78 is 4.90. The molecule has 0 spiro atoms. The minimum atomic E-state index is -0.445. The zero-order valence-electron chi connectivity index (χ0n) is 7.96. The molecule has 0 radical (unpaired) electrons. The summed E-state index contributed by atoms with van der Waals surface area (Å²) in [4.78, 5) is 12.9. The number of anilines is 1. The number of primary amides is 1. The van der Waals surface area contributed by atoms with Gasteiger partial charge in [-0.25, -0.2) is 0 Å². The molecule has 1 aromatic rings. The van der Waals surface area contributed by atoms with Crippen molar-refractivity contribution in [1.29, 1.82) is 0 Å². The number of carbonyl (C=O) groups is 1. The molecule has 4 heteroatoms. The molecule has 1 amide bonds. The quantitative estimate of drug-likeness (QED) is 0.791. The zero-order valence-corrected chi connectivity index (χ0v) is 7.96. The van der Waals surface area contributed by atoms with Gasteiger partial charge in [-0.2, -0.15) is 0 Å². The fourth-order valence-electron chi connectivity index (χ4n) is 1.36. The van der Waals surface area contributed by atoms with E-state index in [9.17, 15) is 4.79 Å². The van der Waals surface area contributed by atoms with E-state index in [1.54, 1.807) is 29.4 Å². The number of para-hydroxylation sites is 1. The van der Waals surface area contributed by atoms with Crippen LogP contribution in [0.25, 0.3) is 0 Å². The Bertz CT molecular complexity index is 426. The molecule has 0 unspecified atom stereocenters. The van der Waals surface area contributed by atoms with Crippen molar-refractivity contribution in [2.24, 2.45) is 5.73 Å². The van der Waals surface area contributed by atoms with Gasteiger partial charge in [0, 0.05) is 12.4 Å². The van der Waals surface area contributed by atoms with Crippen LogP contribution in [0.15, 0.2) is 49.2 Å². The molecule has 1 aromatic carbocycles. The van der Waals surface area contributed by atoms with Gasteiger partial charge in [0.05, 0.1) is 11.3 Å². The number of ether oxygens (including phenoxy) is 1. The highest BCUT2D eigenvalue weighted by molar-refractivity contribution is 5.99. The van der Waals surface area contributed by atoms with Crippen LogP contribution in [0.3, 0.4) is 0 Å². The Kier molecular flexibility index (Phi) is 2.41. The van der Waals surface area contributed by atoms with E-state index >= 15 is 0 Å². The lowest BCUT2D eigenvalue weighted by Crippen LogP contribution is -2.18. The Morgan fingerprint density at radius 2 is 1.87 bits per heavy atom. The van der Waals surface area contributed by atoms with Gasteiger partial charge in [-0.3, -0.25) is 4.79 Å². The molecule has 15 heavy (non-hydrogen) atoms. The van der Waals surface area contributed by atoms with E-state index in [1.165, 1.54) is 12.5 Å². The number of hydrogen-bond donors (Lipinski definition) is 1. The first-order valence-electron chi connectivity index (χ1n) is 4.45. The maximum absolute atomic E-state index is 11.2. The Morgan fingerprint density at radius 3 is 2.53 bits per heavy atom. The van der Waals surface area contributed by atoms with E-state index < -0.39 is 5.91 Å². The SMILES string of the molecule is NC(=O)c1ccccc1N1C=COC=C1. The average molecular weight is 202 g/mol. The van der Waals surface area contributed by atoms with Crippen molar-refractivity contribution in [2.75, 3.05) is 4.90 Å². The third kappa shape index (κ3) is 1.83. The molecule has 0 saturated carbocycles. The van der Waals surface area contributed by atoms with Crippen molar-refractivity contribution in [3.63, 3.8) is 0 Å². The van der Waals surface area contributed by atoms with E-state index in [-0.39, 0.29) is 0 Å². The van der Waals surface area contributed by atoms with Gasteiger partial charge < -0.3 is 15.4 Å². The second-order valence-corrected chi connectivity index (χ2v) is 3.00.